The summed E-state index contributed by atoms with van der Waals surface area (Å²) in [6, 6.07) is 9.87. The summed E-state index contributed by atoms with van der Waals surface area (Å²) in [5, 5.41) is 0. The van der Waals surface area contributed by atoms with E-state index in [0.717, 1.165) is 5.56 Å². The zero-order valence-electron chi connectivity index (χ0n) is 11.6. The first-order valence-corrected chi connectivity index (χ1v) is 6.51. The van der Waals surface area contributed by atoms with E-state index in [1.165, 1.54) is 13.0 Å². The van der Waals surface area contributed by atoms with E-state index < -0.39 is 5.97 Å². The number of fused-ring (bicyclic) bond motifs is 2. The average molecular weight is 280 g/mol. The summed E-state index contributed by atoms with van der Waals surface area (Å²) in [6.45, 7) is 3.04. The fraction of sp³-hybridized carbons (Fsp3) is 0.118. The Morgan fingerprint density at radius 2 is 1.52 bits per heavy atom. The van der Waals surface area contributed by atoms with Gasteiger partial charge in [-0.25, -0.2) is 0 Å². The van der Waals surface area contributed by atoms with Gasteiger partial charge in [-0.05, 0) is 18.6 Å². The fourth-order valence-corrected chi connectivity index (χ4v) is 2.62. The molecular weight excluding hydrogens is 268 g/mol. The maximum Gasteiger partial charge on any atom is 0.308 e. The van der Waals surface area contributed by atoms with Crippen molar-refractivity contribution >= 4 is 17.5 Å². The van der Waals surface area contributed by atoms with Crippen molar-refractivity contribution < 1.29 is 19.1 Å². The second-order valence-corrected chi connectivity index (χ2v) is 4.93. The van der Waals surface area contributed by atoms with Gasteiger partial charge in [-0.3, -0.25) is 14.4 Å². The highest BCUT2D eigenvalue weighted by Crippen LogP contribution is 2.34. The molecule has 0 aliphatic heterocycles. The van der Waals surface area contributed by atoms with Crippen molar-refractivity contribution in [2.45, 2.75) is 13.8 Å². The lowest BCUT2D eigenvalue weighted by Crippen LogP contribution is -2.23. The van der Waals surface area contributed by atoms with Crippen LogP contribution < -0.4 is 4.74 Å². The van der Waals surface area contributed by atoms with Crippen LogP contribution in [0.4, 0.5) is 0 Å². The first-order valence-electron chi connectivity index (χ1n) is 6.51. The number of hydrogen-bond acceptors (Lipinski definition) is 4. The van der Waals surface area contributed by atoms with E-state index in [4.69, 9.17) is 4.74 Å². The minimum Gasteiger partial charge on any atom is -0.426 e. The van der Waals surface area contributed by atoms with Gasteiger partial charge < -0.3 is 4.74 Å². The SMILES string of the molecule is CC(=O)Oc1cccc2c1C(=O)c1c(C)cccc1C2=O. The highest BCUT2D eigenvalue weighted by Gasteiger charge is 2.33. The molecule has 4 heteroatoms. The van der Waals surface area contributed by atoms with Crippen molar-refractivity contribution in [3.63, 3.8) is 0 Å². The van der Waals surface area contributed by atoms with Crippen molar-refractivity contribution in [1.29, 1.82) is 0 Å². The van der Waals surface area contributed by atoms with Crippen molar-refractivity contribution in [3.05, 3.63) is 64.2 Å². The first kappa shape index (κ1) is 13.2. The molecular formula is C17H12O4. The van der Waals surface area contributed by atoms with Crippen molar-refractivity contribution in [2.75, 3.05) is 0 Å². The Bertz CT molecular complexity index is 802. The van der Waals surface area contributed by atoms with Crippen LogP contribution in [0.15, 0.2) is 36.4 Å². The Balaban J connectivity index is 2.29. The summed E-state index contributed by atoms with van der Waals surface area (Å²) in [5.41, 5.74) is 1.95. The van der Waals surface area contributed by atoms with Crippen LogP contribution in [0.2, 0.25) is 0 Å². The number of benzene rings is 2. The van der Waals surface area contributed by atoms with Crippen LogP contribution in [0.3, 0.4) is 0 Å². The molecule has 0 atom stereocenters. The van der Waals surface area contributed by atoms with E-state index in [0.29, 0.717) is 11.1 Å². The first-order chi connectivity index (χ1) is 10.0. The van der Waals surface area contributed by atoms with Crippen LogP contribution in [0, 0.1) is 6.92 Å². The van der Waals surface area contributed by atoms with E-state index >= 15 is 0 Å². The van der Waals surface area contributed by atoms with Crippen molar-refractivity contribution in [2.24, 2.45) is 0 Å². The Morgan fingerprint density at radius 3 is 2.19 bits per heavy atom. The molecule has 21 heavy (non-hydrogen) atoms. The molecule has 104 valence electrons. The molecule has 0 saturated heterocycles. The van der Waals surface area contributed by atoms with Crippen molar-refractivity contribution in [3.8, 4) is 5.75 Å². The predicted octanol–water partition coefficient (Wildman–Crippen LogP) is 2.70. The Hall–Kier alpha value is -2.75. The van der Waals surface area contributed by atoms with E-state index in [1.807, 2.05) is 0 Å². The third-order valence-corrected chi connectivity index (χ3v) is 3.50. The minimum absolute atomic E-state index is 0.132. The maximum atomic E-state index is 12.7. The van der Waals surface area contributed by atoms with E-state index in [9.17, 15) is 14.4 Å². The van der Waals surface area contributed by atoms with Crippen LogP contribution in [-0.2, 0) is 4.79 Å². The highest BCUT2D eigenvalue weighted by atomic mass is 16.5. The van der Waals surface area contributed by atoms with Gasteiger partial charge in [0.25, 0.3) is 0 Å². The smallest absolute Gasteiger partial charge is 0.308 e. The maximum absolute atomic E-state index is 12.7. The molecule has 0 fully saturated rings. The molecule has 0 amide bonds. The summed E-state index contributed by atoms with van der Waals surface area (Å²) in [7, 11) is 0. The summed E-state index contributed by atoms with van der Waals surface area (Å²) in [5.74, 6) is -0.904. The molecule has 0 N–H and O–H groups in total. The molecule has 3 rings (SSSR count). The number of ether oxygens (including phenoxy) is 1. The number of hydrogen-bond donors (Lipinski definition) is 0. The molecule has 0 heterocycles. The molecule has 4 nitrogen and oxygen atoms in total. The van der Waals surface area contributed by atoms with E-state index in [1.54, 1.807) is 37.3 Å². The van der Waals surface area contributed by atoms with Gasteiger partial charge in [0.2, 0.25) is 0 Å². The van der Waals surface area contributed by atoms with E-state index in [-0.39, 0.29) is 28.4 Å². The van der Waals surface area contributed by atoms with Crippen LogP contribution >= 0.6 is 0 Å². The third-order valence-electron chi connectivity index (χ3n) is 3.50. The number of rotatable bonds is 1. The van der Waals surface area contributed by atoms with Gasteiger partial charge in [-0.15, -0.1) is 0 Å². The topological polar surface area (TPSA) is 60.4 Å². The zero-order chi connectivity index (χ0) is 15.1. The lowest BCUT2D eigenvalue weighted by atomic mass is 9.82. The van der Waals surface area contributed by atoms with Crippen molar-refractivity contribution in [1.82, 2.24) is 0 Å². The normalized spacial score (nSPS) is 12.7. The van der Waals surface area contributed by atoms with E-state index in [2.05, 4.69) is 0 Å². The standard InChI is InChI=1S/C17H12O4/c1-9-5-3-6-11-14(9)17(20)15-12(16(11)19)7-4-8-13(15)21-10(2)18/h3-8H,1-2H3. The molecule has 1 aliphatic rings. The van der Waals surface area contributed by atoms with Gasteiger partial charge in [0.05, 0.1) is 5.56 Å². The van der Waals surface area contributed by atoms with Gasteiger partial charge in [0.1, 0.15) is 5.75 Å². The highest BCUT2D eigenvalue weighted by molar-refractivity contribution is 6.29. The Labute approximate surface area is 121 Å². The number of carbonyl (C=O) groups excluding carboxylic acids is 3. The molecule has 0 spiro atoms. The summed E-state index contributed by atoms with van der Waals surface area (Å²) >= 11 is 0. The molecule has 2 aromatic carbocycles. The van der Waals surface area contributed by atoms with Gasteiger partial charge >= 0.3 is 5.97 Å². The number of aryl methyl sites for hydroxylation is 1. The quantitative estimate of drug-likeness (QED) is 0.508. The molecule has 1 aliphatic carbocycles. The minimum atomic E-state index is -0.528. The Morgan fingerprint density at radius 1 is 0.905 bits per heavy atom. The molecule has 0 unspecified atom stereocenters. The third kappa shape index (κ3) is 1.96. The monoisotopic (exact) mass is 280 g/mol. The van der Waals surface area contributed by atoms with Crippen LogP contribution in [-0.4, -0.2) is 17.5 Å². The number of carbonyl (C=O) groups is 3. The van der Waals surface area contributed by atoms with Crippen LogP contribution in [0.5, 0.6) is 5.75 Å². The van der Waals surface area contributed by atoms with Gasteiger partial charge in [0, 0.05) is 23.6 Å². The second kappa shape index (κ2) is 4.66. The van der Waals surface area contributed by atoms with Crippen LogP contribution in [0.1, 0.15) is 44.3 Å². The second-order valence-electron chi connectivity index (χ2n) is 4.93. The summed E-state index contributed by atoms with van der Waals surface area (Å²) in [6.07, 6.45) is 0. The number of esters is 1. The molecule has 2 aromatic rings. The van der Waals surface area contributed by atoms with Gasteiger partial charge in [-0.2, -0.15) is 0 Å². The Kier molecular flexibility index (Phi) is 2.94. The lowest BCUT2D eigenvalue weighted by molar-refractivity contribution is -0.131. The predicted molar refractivity (Wildman–Crippen MR) is 75.8 cm³/mol. The largest absolute Gasteiger partial charge is 0.426 e. The summed E-state index contributed by atoms with van der Waals surface area (Å²) < 4.78 is 5.07. The molecule has 0 bridgehead atoms. The van der Waals surface area contributed by atoms with Gasteiger partial charge in [-0.1, -0.05) is 30.3 Å². The number of ketones is 2. The van der Waals surface area contributed by atoms with Crippen LogP contribution in [0.25, 0.3) is 0 Å². The fourth-order valence-electron chi connectivity index (χ4n) is 2.62. The molecule has 0 saturated carbocycles. The average Bonchev–Trinajstić information content (AvgIpc) is 2.43. The van der Waals surface area contributed by atoms with Gasteiger partial charge in [0.15, 0.2) is 11.6 Å². The zero-order valence-corrected chi connectivity index (χ0v) is 11.6. The lowest BCUT2D eigenvalue weighted by Gasteiger charge is -2.20. The molecule has 0 radical (unpaired) electrons. The summed E-state index contributed by atoms with van der Waals surface area (Å²) in [4.78, 5) is 36.5. The molecule has 0 aromatic heterocycles.